The number of rotatable bonds is 2. The maximum Gasteiger partial charge on any atom is 0.271 e. The molecule has 5 heteroatoms. The van der Waals surface area contributed by atoms with Crippen molar-refractivity contribution in [1.82, 2.24) is 9.55 Å². The normalized spacial score (nSPS) is 17.2. The molecule has 3 heterocycles. The highest BCUT2D eigenvalue weighted by atomic mass is 32.1. The van der Waals surface area contributed by atoms with E-state index in [9.17, 15) is 4.79 Å². The van der Waals surface area contributed by atoms with Gasteiger partial charge in [-0.15, -0.1) is 0 Å². The average molecular weight is 474 g/mol. The van der Waals surface area contributed by atoms with Crippen LogP contribution in [0.3, 0.4) is 0 Å². The molecule has 0 saturated heterocycles. The number of benzene rings is 3. The van der Waals surface area contributed by atoms with Gasteiger partial charge in [-0.3, -0.25) is 9.36 Å². The summed E-state index contributed by atoms with van der Waals surface area (Å²) in [5.74, 6) is 0. The van der Waals surface area contributed by atoms with Crippen LogP contribution in [0.1, 0.15) is 40.3 Å². The van der Waals surface area contributed by atoms with Crippen molar-refractivity contribution >= 4 is 34.0 Å². The van der Waals surface area contributed by atoms with Crippen molar-refractivity contribution in [3.8, 4) is 0 Å². The maximum absolute atomic E-state index is 13.9. The van der Waals surface area contributed by atoms with Gasteiger partial charge in [0.15, 0.2) is 4.80 Å². The van der Waals surface area contributed by atoms with Gasteiger partial charge in [-0.25, -0.2) is 4.99 Å². The quantitative estimate of drug-likeness (QED) is 0.381. The van der Waals surface area contributed by atoms with E-state index < -0.39 is 0 Å². The smallest absolute Gasteiger partial charge is 0.271 e. The first kappa shape index (κ1) is 20.4. The van der Waals surface area contributed by atoms with Gasteiger partial charge in [-0.2, -0.15) is 0 Å². The first-order valence-corrected chi connectivity index (χ1v) is 12.7. The van der Waals surface area contributed by atoms with Gasteiger partial charge in [0, 0.05) is 28.2 Å². The number of fused-ring (bicyclic) bond motifs is 4. The summed E-state index contributed by atoms with van der Waals surface area (Å²) < 4.78 is 2.63. The Morgan fingerprint density at radius 1 is 1.00 bits per heavy atom. The van der Waals surface area contributed by atoms with Crippen LogP contribution in [0.2, 0.25) is 0 Å². The minimum atomic E-state index is -0.139. The number of hydrogen-bond donors (Lipinski definition) is 1. The second-order valence-electron chi connectivity index (χ2n) is 9.31. The summed E-state index contributed by atoms with van der Waals surface area (Å²) in [4.78, 5) is 23.1. The SMILES string of the molecule is Cc1ccc(C2C3=C(N=c4s/c(=C\c5c[nH]c6ccccc56)c(=O)n42)c2ccccc2CC3)cc1. The molecule has 1 aliphatic carbocycles. The molecule has 5 aromatic rings. The molecule has 1 unspecified atom stereocenters. The lowest BCUT2D eigenvalue weighted by molar-refractivity contribution is 0.585. The predicted octanol–water partition coefficient (Wildman–Crippen LogP) is 5.11. The highest BCUT2D eigenvalue weighted by Crippen LogP contribution is 2.41. The topological polar surface area (TPSA) is 50.1 Å². The molecule has 2 aliphatic rings. The third-order valence-electron chi connectivity index (χ3n) is 7.17. The predicted molar refractivity (Wildman–Crippen MR) is 142 cm³/mol. The molecule has 7 rings (SSSR count). The van der Waals surface area contributed by atoms with E-state index in [4.69, 9.17) is 4.99 Å². The van der Waals surface area contributed by atoms with Crippen molar-refractivity contribution in [2.75, 3.05) is 0 Å². The monoisotopic (exact) mass is 473 g/mol. The molecule has 0 amide bonds. The molecule has 3 aromatic carbocycles. The molecule has 1 aliphatic heterocycles. The van der Waals surface area contributed by atoms with Gasteiger partial charge < -0.3 is 4.98 Å². The Labute approximate surface area is 206 Å². The van der Waals surface area contributed by atoms with Gasteiger partial charge in [-0.05, 0) is 48.6 Å². The summed E-state index contributed by atoms with van der Waals surface area (Å²) in [6.07, 6.45) is 5.85. The van der Waals surface area contributed by atoms with E-state index in [1.54, 1.807) is 0 Å². The molecule has 35 heavy (non-hydrogen) atoms. The summed E-state index contributed by atoms with van der Waals surface area (Å²) in [5, 5.41) is 1.11. The third kappa shape index (κ3) is 3.19. The second kappa shape index (κ2) is 7.79. The summed E-state index contributed by atoms with van der Waals surface area (Å²) >= 11 is 1.48. The van der Waals surface area contributed by atoms with Gasteiger partial charge in [0.05, 0.1) is 16.3 Å². The summed E-state index contributed by atoms with van der Waals surface area (Å²) in [6.45, 7) is 2.10. The molecule has 0 radical (unpaired) electrons. The number of H-pyrrole nitrogens is 1. The van der Waals surface area contributed by atoms with Crippen molar-refractivity contribution in [3.63, 3.8) is 0 Å². The number of para-hydroxylation sites is 1. The van der Waals surface area contributed by atoms with Crippen LogP contribution in [0.15, 0.2) is 94.4 Å². The largest absolute Gasteiger partial charge is 0.361 e. The average Bonchev–Trinajstić information content (AvgIpc) is 3.44. The molecule has 4 nitrogen and oxygen atoms in total. The lowest BCUT2D eigenvalue weighted by Crippen LogP contribution is -2.38. The van der Waals surface area contributed by atoms with Crippen LogP contribution in [0.5, 0.6) is 0 Å². The number of aromatic amines is 1. The molecule has 170 valence electrons. The highest BCUT2D eigenvalue weighted by Gasteiger charge is 2.32. The van der Waals surface area contributed by atoms with Gasteiger partial charge in [0.2, 0.25) is 0 Å². The van der Waals surface area contributed by atoms with E-state index in [0.717, 1.165) is 45.4 Å². The fourth-order valence-corrected chi connectivity index (χ4v) is 6.42. The van der Waals surface area contributed by atoms with E-state index in [0.29, 0.717) is 4.53 Å². The van der Waals surface area contributed by atoms with Gasteiger partial charge in [0.1, 0.15) is 0 Å². The Morgan fingerprint density at radius 3 is 2.69 bits per heavy atom. The molecule has 1 N–H and O–H groups in total. The molecule has 0 spiro atoms. The lowest BCUT2D eigenvalue weighted by atomic mass is 9.83. The number of hydrogen-bond acceptors (Lipinski definition) is 3. The van der Waals surface area contributed by atoms with E-state index in [1.807, 2.05) is 29.0 Å². The minimum absolute atomic E-state index is 0.0232. The highest BCUT2D eigenvalue weighted by molar-refractivity contribution is 7.07. The van der Waals surface area contributed by atoms with Gasteiger partial charge >= 0.3 is 0 Å². The number of nitrogens with zero attached hydrogens (tertiary/aromatic N) is 2. The first-order chi connectivity index (χ1) is 17.2. The number of nitrogens with one attached hydrogen (secondary N) is 1. The minimum Gasteiger partial charge on any atom is -0.361 e. The van der Waals surface area contributed by atoms with Crippen LogP contribution in [-0.2, 0) is 6.42 Å². The molecular weight excluding hydrogens is 450 g/mol. The van der Waals surface area contributed by atoms with Crippen LogP contribution in [-0.4, -0.2) is 9.55 Å². The molecule has 2 aromatic heterocycles. The standard InChI is InChI=1S/C30H23N3OS/c1-18-10-12-20(13-11-18)28-24-15-14-19-6-2-3-8-23(19)27(24)32-30-33(28)29(34)26(35-30)16-21-17-31-25-9-5-4-7-22(21)25/h2-13,16-17,28,31H,14-15H2,1H3/b26-16-. The molecule has 0 bridgehead atoms. The van der Waals surface area contributed by atoms with Crippen LogP contribution in [0.4, 0.5) is 0 Å². The van der Waals surface area contributed by atoms with Crippen LogP contribution in [0, 0.1) is 6.92 Å². The summed E-state index contributed by atoms with van der Waals surface area (Å²) in [5.41, 5.74) is 9.26. The van der Waals surface area contributed by atoms with E-state index in [2.05, 4.69) is 72.6 Å². The molecule has 0 saturated carbocycles. The van der Waals surface area contributed by atoms with Crippen molar-refractivity contribution in [2.45, 2.75) is 25.8 Å². The van der Waals surface area contributed by atoms with E-state index in [-0.39, 0.29) is 11.6 Å². The Hall–Kier alpha value is -3.96. The number of thiazole rings is 1. The Bertz CT molecular complexity index is 1830. The number of allylic oxidation sites excluding steroid dienone is 1. The zero-order valence-corrected chi connectivity index (χ0v) is 20.1. The van der Waals surface area contributed by atoms with Crippen molar-refractivity contribution < 1.29 is 0 Å². The third-order valence-corrected chi connectivity index (χ3v) is 8.16. The maximum atomic E-state index is 13.9. The molecule has 1 atom stereocenters. The molecular formula is C30H23N3OS. The van der Waals surface area contributed by atoms with E-state index >= 15 is 0 Å². The van der Waals surface area contributed by atoms with Crippen LogP contribution in [0.25, 0.3) is 22.7 Å². The van der Waals surface area contributed by atoms with Crippen molar-refractivity contribution in [3.05, 3.63) is 132 Å². The number of aromatic nitrogens is 2. The fraction of sp³-hybridized carbons (Fsp3) is 0.133. The van der Waals surface area contributed by atoms with E-state index in [1.165, 1.54) is 33.6 Å². The lowest BCUT2D eigenvalue weighted by Gasteiger charge is -2.30. The Morgan fingerprint density at radius 2 is 1.80 bits per heavy atom. The summed E-state index contributed by atoms with van der Waals surface area (Å²) in [7, 11) is 0. The Balaban J connectivity index is 1.50. The van der Waals surface area contributed by atoms with Crippen LogP contribution < -0.4 is 14.9 Å². The fourth-order valence-electron chi connectivity index (χ4n) is 5.43. The van der Waals surface area contributed by atoms with Gasteiger partial charge in [0.25, 0.3) is 5.56 Å². The zero-order valence-electron chi connectivity index (χ0n) is 19.3. The van der Waals surface area contributed by atoms with Crippen molar-refractivity contribution in [1.29, 1.82) is 0 Å². The summed E-state index contributed by atoms with van der Waals surface area (Å²) in [6, 6.07) is 25.2. The first-order valence-electron chi connectivity index (χ1n) is 11.9. The second-order valence-corrected chi connectivity index (χ2v) is 10.3. The van der Waals surface area contributed by atoms with Gasteiger partial charge in [-0.1, -0.05) is 83.6 Å². The molecule has 0 fully saturated rings. The van der Waals surface area contributed by atoms with Crippen LogP contribution >= 0.6 is 11.3 Å². The van der Waals surface area contributed by atoms with Crippen molar-refractivity contribution in [2.24, 2.45) is 4.99 Å². The zero-order chi connectivity index (χ0) is 23.5. The Kier molecular flexibility index (Phi) is 4.54. The number of aryl methyl sites for hydroxylation is 2.